The summed E-state index contributed by atoms with van der Waals surface area (Å²) >= 11 is 0. The zero-order valence-corrected chi connectivity index (χ0v) is 5.94. The molecule has 58 valence electrons. The molecule has 0 aromatic carbocycles. The van der Waals surface area contributed by atoms with Gasteiger partial charge in [-0.05, 0) is 0 Å². The third kappa shape index (κ3) is 2.35. The van der Waals surface area contributed by atoms with Gasteiger partial charge in [-0.15, -0.1) is 0 Å². The van der Waals surface area contributed by atoms with Crippen molar-refractivity contribution in [2.75, 3.05) is 12.3 Å². The Bertz CT molecular complexity index is 242. The molecule has 1 rings (SSSR count). The summed E-state index contributed by atoms with van der Waals surface area (Å²) in [5, 5.41) is 8.43. The minimum absolute atomic E-state index is 0.0182. The van der Waals surface area contributed by atoms with Gasteiger partial charge in [-0.3, -0.25) is 0 Å². The number of rotatable bonds is 2. The van der Waals surface area contributed by atoms with Gasteiger partial charge in [0, 0.05) is 18.0 Å². The maximum absolute atomic E-state index is 8.43. The first kappa shape index (κ1) is 7.68. The normalized spacial score (nSPS) is 10.6. The zero-order valence-electron chi connectivity index (χ0n) is 5.94. The van der Waals surface area contributed by atoms with Crippen LogP contribution in [0.3, 0.4) is 0 Å². The molecule has 0 radical (unpaired) electrons. The van der Waals surface area contributed by atoms with Gasteiger partial charge in [0.1, 0.15) is 0 Å². The molecule has 4 nitrogen and oxygen atoms in total. The molecule has 0 aliphatic heterocycles. The molecule has 0 atom stereocenters. The molecule has 4 heteroatoms. The summed E-state index contributed by atoms with van der Waals surface area (Å²) in [5.74, 6) is 0.256. The van der Waals surface area contributed by atoms with E-state index in [0.29, 0.717) is 0 Å². The van der Waals surface area contributed by atoms with Crippen LogP contribution in [0.2, 0.25) is 0 Å². The van der Waals surface area contributed by atoms with Crippen LogP contribution >= 0.6 is 0 Å². The molecule has 0 aliphatic rings. The molecule has 1 aromatic heterocycles. The van der Waals surface area contributed by atoms with Gasteiger partial charge in [0.2, 0.25) is 5.95 Å². The molecule has 11 heavy (non-hydrogen) atoms. The van der Waals surface area contributed by atoms with E-state index in [1.807, 2.05) is 0 Å². The van der Waals surface area contributed by atoms with Crippen molar-refractivity contribution in [2.24, 2.45) is 0 Å². The minimum Gasteiger partial charge on any atom is -0.392 e. The Labute approximate surface area is 64.4 Å². The maximum Gasteiger partial charge on any atom is 0.219 e. The fourth-order valence-corrected chi connectivity index (χ4v) is 0.623. The predicted molar refractivity (Wildman–Crippen MR) is 42.6 cm³/mol. The molecule has 0 bridgehead atoms. The van der Waals surface area contributed by atoms with Crippen molar-refractivity contribution in [1.82, 2.24) is 9.97 Å². The fraction of sp³-hybridized carbons (Fsp3) is 0.143. The summed E-state index contributed by atoms with van der Waals surface area (Å²) in [6, 6.07) is 0. The topological polar surface area (TPSA) is 72.0 Å². The average molecular weight is 151 g/mol. The smallest absolute Gasteiger partial charge is 0.219 e. The van der Waals surface area contributed by atoms with Gasteiger partial charge in [0.15, 0.2) is 0 Å². The average Bonchev–Trinajstić information content (AvgIpc) is 2.04. The van der Waals surface area contributed by atoms with Crippen molar-refractivity contribution in [1.29, 1.82) is 0 Å². The number of aromatic nitrogens is 2. The maximum atomic E-state index is 8.43. The number of nitrogens with two attached hydrogens (primary N) is 1. The summed E-state index contributed by atoms with van der Waals surface area (Å²) in [6.07, 6.45) is 6.51. The van der Waals surface area contributed by atoms with Gasteiger partial charge < -0.3 is 10.8 Å². The van der Waals surface area contributed by atoms with Crippen LogP contribution in [-0.2, 0) is 0 Å². The number of aliphatic hydroxyl groups is 1. The van der Waals surface area contributed by atoms with Gasteiger partial charge in [0.25, 0.3) is 0 Å². The van der Waals surface area contributed by atoms with Crippen LogP contribution in [0.15, 0.2) is 18.5 Å². The summed E-state index contributed by atoms with van der Waals surface area (Å²) in [7, 11) is 0. The van der Waals surface area contributed by atoms with E-state index in [1.165, 1.54) is 0 Å². The van der Waals surface area contributed by atoms with Crippen LogP contribution in [0.4, 0.5) is 5.95 Å². The van der Waals surface area contributed by atoms with E-state index in [-0.39, 0.29) is 12.6 Å². The Kier molecular flexibility index (Phi) is 2.57. The molecule has 3 N–H and O–H groups in total. The van der Waals surface area contributed by atoms with Crippen LogP contribution in [0.5, 0.6) is 0 Å². The Balaban J connectivity index is 2.73. The summed E-state index contributed by atoms with van der Waals surface area (Å²) in [4.78, 5) is 7.53. The van der Waals surface area contributed by atoms with E-state index in [1.54, 1.807) is 24.5 Å². The highest BCUT2D eigenvalue weighted by molar-refractivity contribution is 5.47. The Morgan fingerprint density at radius 2 is 2.09 bits per heavy atom. The summed E-state index contributed by atoms with van der Waals surface area (Å²) in [6.45, 7) is 0.0182. The molecule has 0 amide bonds. The minimum atomic E-state index is 0.0182. The van der Waals surface area contributed by atoms with Gasteiger partial charge in [-0.25, -0.2) is 9.97 Å². The van der Waals surface area contributed by atoms with Crippen molar-refractivity contribution in [3.63, 3.8) is 0 Å². The molecule has 1 heterocycles. The largest absolute Gasteiger partial charge is 0.392 e. The first-order chi connectivity index (χ1) is 5.33. The lowest BCUT2D eigenvalue weighted by Gasteiger charge is -1.91. The number of anilines is 1. The second kappa shape index (κ2) is 3.68. The Morgan fingerprint density at radius 3 is 2.64 bits per heavy atom. The SMILES string of the molecule is Nc1ncc(C=CCO)cn1. The van der Waals surface area contributed by atoms with Crippen LogP contribution in [0.1, 0.15) is 5.56 Å². The van der Waals surface area contributed by atoms with Gasteiger partial charge in [-0.2, -0.15) is 0 Å². The van der Waals surface area contributed by atoms with E-state index >= 15 is 0 Å². The second-order valence-corrected chi connectivity index (χ2v) is 1.96. The predicted octanol–water partition coefficient (Wildman–Crippen LogP) is 0.0643. The molecule has 0 saturated heterocycles. The van der Waals surface area contributed by atoms with Gasteiger partial charge >= 0.3 is 0 Å². The lowest BCUT2D eigenvalue weighted by molar-refractivity contribution is 0.343. The van der Waals surface area contributed by atoms with Gasteiger partial charge in [0.05, 0.1) is 6.61 Å². The summed E-state index contributed by atoms with van der Waals surface area (Å²) in [5.41, 5.74) is 6.09. The highest BCUT2D eigenvalue weighted by Gasteiger charge is 1.87. The molecule has 1 aromatic rings. The number of nitrogens with zero attached hydrogens (tertiary/aromatic N) is 2. The van der Waals surface area contributed by atoms with E-state index in [2.05, 4.69) is 9.97 Å². The molecular weight excluding hydrogens is 142 g/mol. The molecule has 0 spiro atoms. The summed E-state index contributed by atoms with van der Waals surface area (Å²) < 4.78 is 0. The number of nitrogen functional groups attached to an aromatic ring is 1. The zero-order chi connectivity index (χ0) is 8.10. The van der Waals surface area contributed by atoms with Crippen molar-refractivity contribution in [3.05, 3.63) is 24.0 Å². The number of hydrogen-bond donors (Lipinski definition) is 2. The number of hydrogen-bond acceptors (Lipinski definition) is 4. The van der Waals surface area contributed by atoms with E-state index in [9.17, 15) is 0 Å². The van der Waals surface area contributed by atoms with Crippen LogP contribution in [0.25, 0.3) is 6.08 Å². The van der Waals surface area contributed by atoms with Gasteiger partial charge in [-0.1, -0.05) is 12.2 Å². The molecule has 0 unspecified atom stereocenters. The molecule has 0 fully saturated rings. The van der Waals surface area contributed by atoms with Crippen LogP contribution in [0, 0.1) is 0 Å². The molecular formula is C7H9N3O. The Morgan fingerprint density at radius 1 is 1.45 bits per heavy atom. The Hall–Kier alpha value is -1.42. The van der Waals surface area contributed by atoms with E-state index in [0.717, 1.165) is 5.56 Å². The third-order valence-electron chi connectivity index (χ3n) is 1.11. The van der Waals surface area contributed by atoms with Crippen molar-refractivity contribution in [3.8, 4) is 0 Å². The monoisotopic (exact) mass is 151 g/mol. The first-order valence-corrected chi connectivity index (χ1v) is 3.18. The fourth-order valence-electron chi connectivity index (χ4n) is 0.623. The van der Waals surface area contributed by atoms with Crippen LogP contribution < -0.4 is 5.73 Å². The lowest BCUT2D eigenvalue weighted by atomic mass is 10.3. The highest BCUT2D eigenvalue weighted by Crippen LogP contribution is 1.98. The van der Waals surface area contributed by atoms with E-state index < -0.39 is 0 Å². The molecule has 0 aliphatic carbocycles. The van der Waals surface area contributed by atoms with Crippen molar-refractivity contribution >= 4 is 12.0 Å². The third-order valence-corrected chi connectivity index (χ3v) is 1.11. The van der Waals surface area contributed by atoms with Crippen molar-refractivity contribution in [2.45, 2.75) is 0 Å². The lowest BCUT2D eigenvalue weighted by Crippen LogP contribution is -1.93. The standard InChI is InChI=1S/C7H9N3O/c8-7-9-4-6(5-10-7)2-1-3-11/h1-2,4-5,11H,3H2,(H2,8,9,10). The quantitative estimate of drug-likeness (QED) is 0.627. The first-order valence-electron chi connectivity index (χ1n) is 3.18. The highest BCUT2D eigenvalue weighted by atomic mass is 16.2. The second-order valence-electron chi connectivity index (χ2n) is 1.96. The molecule has 0 saturated carbocycles. The van der Waals surface area contributed by atoms with Crippen LogP contribution in [-0.4, -0.2) is 21.7 Å². The van der Waals surface area contributed by atoms with Crippen molar-refractivity contribution < 1.29 is 5.11 Å². The number of aliphatic hydroxyl groups excluding tert-OH is 1. The van der Waals surface area contributed by atoms with E-state index in [4.69, 9.17) is 10.8 Å².